The molecule has 9 heteroatoms. The average Bonchev–Trinajstić information content (AvgIpc) is 3.44. The number of benzene rings is 1. The van der Waals surface area contributed by atoms with Crippen molar-refractivity contribution in [3.8, 4) is 0 Å². The van der Waals surface area contributed by atoms with Gasteiger partial charge in [0.25, 0.3) is 0 Å². The highest BCUT2D eigenvalue weighted by Gasteiger charge is 2.49. The maximum atomic E-state index is 14.1. The molecule has 7 nitrogen and oxygen atoms in total. The van der Waals surface area contributed by atoms with Gasteiger partial charge in [0.05, 0.1) is 12.0 Å². The Bertz CT molecular complexity index is 1000. The summed E-state index contributed by atoms with van der Waals surface area (Å²) in [5.41, 5.74) is 6.40. The Hall–Kier alpha value is -1.83. The third-order valence-electron chi connectivity index (χ3n) is 8.66. The standard InChI is InChI=1S/C29H43ClN4O3.ClH/c1-18-6-12-21(13-7-18)34(28(37)29(2,3)4)22-14-25(26(31)35)33(15-22)27(36)24-17-32(5)16-23(24)19-8-10-20(30)11-9-19;/h8-11,18,21-25H,6-7,12-17H2,1-5H3,(H2,31,35);1H/t18-,21+,22-,23-,24+,25-;/m0./s1. The number of halogens is 2. The van der Waals surface area contributed by atoms with E-state index in [-0.39, 0.29) is 48.1 Å². The number of nitrogens with two attached hydrogens (primary N) is 1. The van der Waals surface area contributed by atoms with Crippen molar-refractivity contribution in [2.45, 2.75) is 83.8 Å². The first-order valence-corrected chi connectivity index (χ1v) is 14.1. The lowest BCUT2D eigenvalue weighted by molar-refractivity contribution is -0.146. The summed E-state index contributed by atoms with van der Waals surface area (Å²) in [7, 11) is 2.02. The number of primary amides is 1. The van der Waals surface area contributed by atoms with Crippen molar-refractivity contribution in [2.24, 2.45) is 23.0 Å². The molecule has 2 N–H and O–H groups in total. The Morgan fingerprint density at radius 2 is 1.58 bits per heavy atom. The van der Waals surface area contributed by atoms with Gasteiger partial charge in [0.15, 0.2) is 0 Å². The molecule has 0 unspecified atom stereocenters. The van der Waals surface area contributed by atoms with Gasteiger partial charge in [-0.3, -0.25) is 14.4 Å². The lowest BCUT2D eigenvalue weighted by Gasteiger charge is -2.42. The molecule has 0 spiro atoms. The van der Waals surface area contributed by atoms with Crippen molar-refractivity contribution in [3.05, 3.63) is 34.9 Å². The molecule has 2 heterocycles. The first kappa shape index (κ1) is 30.7. The van der Waals surface area contributed by atoms with E-state index in [4.69, 9.17) is 17.3 Å². The number of likely N-dealkylation sites (tertiary alicyclic amines) is 2. The summed E-state index contributed by atoms with van der Waals surface area (Å²) in [6.45, 7) is 9.83. The van der Waals surface area contributed by atoms with Crippen LogP contribution in [0, 0.1) is 17.3 Å². The van der Waals surface area contributed by atoms with E-state index < -0.39 is 17.4 Å². The third-order valence-corrected chi connectivity index (χ3v) is 8.91. The molecule has 0 radical (unpaired) electrons. The summed E-state index contributed by atoms with van der Waals surface area (Å²) >= 11 is 6.11. The van der Waals surface area contributed by atoms with Crippen LogP contribution in [0.25, 0.3) is 0 Å². The number of nitrogens with zero attached hydrogens (tertiary/aromatic N) is 3. The zero-order valence-corrected chi connectivity index (χ0v) is 24.9. The Kier molecular flexibility index (Phi) is 9.81. The number of hydrogen-bond donors (Lipinski definition) is 1. The summed E-state index contributed by atoms with van der Waals surface area (Å²) in [5, 5.41) is 0.662. The molecule has 1 saturated carbocycles. The first-order valence-electron chi connectivity index (χ1n) is 13.7. The molecule has 1 aromatic carbocycles. The summed E-state index contributed by atoms with van der Waals surface area (Å²) < 4.78 is 0. The van der Waals surface area contributed by atoms with Gasteiger partial charge >= 0.3 is 0 Å². The van der Waals surface area contributed by atoms with E-state index in [0.717, 1.165) is 37.8 Å². The lowest BCUT2D eigenvalue weighted by Crippen LogP contribution is -2.53. The van der Waals surface area contributed by atoms with Gasteiger partial charge in [-0.15, -0.1) is 12.4 Å². The predicted octanol–water partition coefficient (Wildman–Crippen LogP) is 4.32. The topological polar surface area (TPSA) is 87.0 Å². The van der Waals surface area contributed by atoms with Gasteiger partial charge in [0.1, 0.15) is 6.04 Å². The Morgan fingerprint density at radius 1 is 0.974 bits per heavy atom. The highest BCUT2D eigenvalue weighted by molar-refractivity contribution is 6.30. The minimum Gasteiger partial charge on any atom is -0.368 e. The van der Waals surface area contributed by atoms with Gasteiger partial charge in [-0.2, -0.15) is 0 Å². The van der Waals surface area contributed by atoms with Crippen LogP contribution in [0.4, 0.5) is 0 Å². The van der Waals surface area contributed by atoms with Crippen LogP contribution in [0.5, 0.6) is 0 Å². The van der Waals surface area contributed by atoms with Gasteiger partial charge in [-0.1, -0.05) is 51.4 Å². The molecule has 2 saturated heterocycles. The molecule has 212 valence electrons. The van der Waals surface area contributed by atoms with Crippen LogP contribution >= 0.6 is 24.0 Å². The van der Waals surface area contributed by atoms with Crippen LogP contribution in [0.3, 0.4) is 0 Å². The van der Waals surface area contributed by atoms with Crippen molar-refractivity contribution in [1.29, 1.82) is 0 Å². The minimum atomic E-state index is -0.702. The van der Waals surface area contributed by atoms with E-state index in [9.17, 15) is 14.4 Å². The van der Waals surface area contributed by atoms with Crippen molar-refractivity contribution >= 4 is 41.7 Å². The van der Waals surface area contributed by atoms with E-state index in [0.29, 0.717) is 30.5 Å². The summed E-state index contributed by atoms with van der Waals surface area (Å²) in [5.74, 6) is -0.0634. The normalized spacial score (nSPS) is 30.1. The molecule has 0 bridgehead atoms. The molecule has 2 aliphatic heterocycles. The number of carbonyl (C=O) groups excluding carboxylic acids is 3. The smallest absolute Gasteiger partial charge is 0.240 e. The summed E-state index contributed by atoms with van der Waals surface area (Å²) in [6.07, 6.45) is 4.50. The Labute approximate surface area is 238 Å². The molecule has 3 amide bonds. The molecule has 3 fully saturated rings. The summed E-state index contributed by atoms with van der Waals surface area (Å²) in [6, 6.07) is 6.91. The Balaban J connectivity index is 0.00000400. The molecule has 1 aliphatic carbocycles. The van der Waals surface area contributed by atoms with E-state index >= 15 is 0 Å². The van der Waals surface area contributed by atoms with Crippen molar-refractivity contribution in [2.75, 3.05) is 26.7 Å². The number of likely N-dealkylation sites (N-methyl/N-ethyl adjacent to an activating group) is 1. The van der Waals surface area contributed by atoms with E-state index in [1.807, 2.05) is 57.0 Å². The van der Waals surface area contributed by atoms with Gasteiger partial charge in [-0.25, -0.2) is 0 Å². The SMILES string of the molecule is CN1C[C@@H](C(=O)N2C[C@@H](N(C(=O)C(C)(C)C)[C@H]3CC[C@@H](C)CC3)C[C@H]2C(N)=O)[C@H](c2ccc(Cl)cc2)C1.Cl. The molecular formula is C29H44Cl2N4O3. The van der Waals surface area contributed by atoms with Crippen LogP contribution in [0.2, 0.25) is 5.02 Å². The molecule has 3 aliphatic rings. The van der Waals surface area contributed by atoms with Crippen molar-refractivity contribution in [1.82, 2.24) is 14.7 Å². The second kappa shape index (κ2) is 12.1. The molecule has 4 atom stereocenters. The fourth-order valence-corrected chi connectivity index (χ4v) is 6.70. The minimum absolute atomic E-state index is 0. The zero-order chi connectivity index (χ0) is 27.1. The van der Waals surface area contributed by atoms with Crippen LogP contribution in [-0.4, -0.2) is 77.2 Å². The van der Waals surface area contributed by atoms with Crippen molar-refractivity contribution < 1.29 is 14.4 Å². The first-order chi connectivity index (χ1) is 17.4. The second-order valence-electron chi connectivity index (χ2n) is 12.7. The molecule has 0 aromatic heterocycles. The quantitative estimate of drug-likeness (QED) is 0.575. The average molecular weight is 568 g/mol. The van der Waals surface area contributed by atoms with Gasteiger partial charge < -0.3 is 20.4 Å². The van der Waals surface area contributed by atoms with Crippen LogP contribution < -0.4 is 5.73 Å². The fraction of sp³-hybridized carbons (Fsp3) is 0.690. The van der Waals surface area contributed by atoms with Gasteiger partial charge in [0, 0.05) is 42.0 Å². The molecule has 4 rings (SSSR count). The number of hydrogen-bond acceptors (Lipinski definition) is 4. The van der Waals surface area contributed by atoms with Crippen LogP contribution in [0.1, 0.15) is 71.3 Å². The largest absolute Gasteiger partial charge is 0.368 e. The van der Waals surface area contributed by atoms with E-state index in [1.165, 1.54) is 0 Å². The van der Waals surface area contributed by atoms with Gasteiger partial charge in [0.2, 0.25) is 17.7 Å². The van der Waals surface area contributed by atoms with Gasteiger partial charge in [-0.05, 0) is 62.8 Å². The second-order valence-corrected chi connectivity index (χ2v) is 13.1. The lowest BCUT2D eigenvalue weighted by atomic mass is 9.84. The van der Waals surface area contributed by atoms with Crippen LogP contribution in [-0.2, 0) is 14.4 Å². The monoisotopic (exact) mass is 566 g/mol. The predicted molar refractivity (Wildman–Crippen MR) is 153 cm³/mol. The molecule has 1 aromatic rings. The summed E-state index contributed by atoms with van der Waals surface area (Å²) in [4.78, 5) is 46.3. The maximum Gasteiger partial charge on any atom is 0.240 e. The number of amides is 3. The Morgan fingerprint density at radius 3 is 2.13 bits per heavy atom. The highest BCUT2D eigenvalue weighted by Crippen LogP contribution is 2.38. The molecular weight excluding hydrogens is 523 g/mol. The van der Waals surface area contributed by atoms with Crippen molar-refractivity contribution in [3.63, 3.8) is 0 Å². The molecule has 38 heavy (non-hydrogen) atoms. The zero-order valence-electron chi connectivity index (χ0n) is 23.4. The van der Waals surface area contributed by atoms with Crippen LogP contribution in [0.15, 0.2) is 24.3 Å². The highest BCUT2D eigenvalue weighted by atomic mass is 35.5. The number of rotatable bonds is 5. The van der Waals surface area contributed by atoms with E-state index in [1.54, 1.807) is 4.90 Å². The third kappa shape index (κ3) is 6.48. The van der Waals surface area contributed by atoms with E-state index in [2.05, 4.69) is 11.8 Å². The maximum absolute atomic E-state index is 14.1. The number of carbonyl (C=O) groups is 3. The fourth-order valence-electron chi connectivity index (χ4n) is 6.58.